The third kappa shape index (κ3) is 7.13. The molecule has 3 aromatic rings. The molecule has 0 fully saturated rings. The van der Waals surface area contributed by atoms with E-state index in [0.29, 0.717) is 11.3 Å². The fourth-order valence-electron chi connectivity index (χ4n) is 3.72. The van der Waals surface area contributed by atoms with E-state index in [4.69, 9.17) is 0 Å². The largest absolute Gasteiger partial charge is 0.357 e. The summed E-state index contributed by atoms with van der Waals surface area (Å²) in [6, 6.07) is 22.2. The lowest BCUT2D eigenvalue weighted by molar-refractivity contribution is -0.139. The van der Waals surface area contributed by atoms with Crippen LogP contribution in [0.1, 0.15) is 11.1 Å². The fourth-order valence-corrected chi connectivity index (χ4v) is 4.56. The van der Waals surface area contributed by atoms with Crippen molar-refractivity contribution in [1.29, 1.82) is 0 Å². The van der Waals surface area contributed by atoms with Gasteiger partial charge in [0.05, 0.1) is 11.9 Å². The summed E-state index contributed by atoms with van der Waals surface area (Å²) in [7, 11) is -2.32. The summed E-state index contributed by atoms with van der Waals surface area (Å²) in [6.07, 6.45) is 1.25. The molecule has 0 radical (unpaired) electrons. The van der Waals surface area contributed by atoms with Crippen LogP contribution in [0.25, 0.3) is 0 Å². The number of sulfonamides is 1. The summed E-state index contributed by atoms with van der Waals surface area (Å²) in [5, 5.41) is 2.61. The van der Waals surface area contributed by atoms with Crippen molar-refractivity contribution in [1.82, 2.24) is 10.2 Å². The van der Waals surface area contributed by atoms with E-state index in [1.54, 1.807) is 30.3 Å². The van der Waals surface area contributed by atoms with Crippen molar-refractivity contribution >= 4 is 27.5 Å². The molecule has 0 spiro atoms. The van der Waals surface area contributed by atoms with E-state index < -0.39 is 40.2 Å². The third-order valence-electron chi connectivity index (χ3n) is 5.51. The summed E-state index contributed by atoms with van der Waals surface area (Å²) in [6.45, 7) is -0.497. The van der Waals surface area contributed by atoms with Gasteiger partial charge in [-0.2, -0.15) is 0 Å². The Morgan fingerprint density at radius 2 is 1.46 bits per heavy atom. The van der Waals surface area contributed by atoms with E-state index in [0.717, 1.165) is 16.1 Å². The average Bonchev–Trinajstić information content (AvgIpc) is 2.85. The SMILES string of the molecule is CNC(=O)C(Cc1ccccc1)N(Cc1ccc(F)cc1)C(=O)CN(c1ccccc1)S(C)(=O)=O. The van der Waals surface area contributed by atoms with Crippen LogP contribution >= 0.6 is 0 Å². The molecule has 1 unspecified atom stereocenters. The van der Waals surface area contributed by atoms with Crippen molar-refractivity contribution in [2.45, 2.75) is 19.0 Å². The predicted molar refractivity (Wildman–Crippen MR) is 134 cm³/mol. The summed E-state index contributed by atoms with van der Waals surface area (Å²) in [5.74, 6) is -1.38. The Bertz CT molecular complexity index is 1240. The van der Waals surface area contributed by atoms with Crippen LogP contribution in [0.3, 0.4) is 0 Å². The first kappa shape index (κ1) is 25.9. The van der Waals surface area contributed by atoms with Gasteiger partial charge in [-0.3, -0.25) is 13.9 Å². The van der Waals surface area contributed by atoms with Crippen LogP contribution in [0.15, 0.2) is 84.9 Å². The number of likely N-dealkylation sites (N-methyl/N-ethyl adjacent to an activating group) is 1. The first-order valence-electron chi connectivity index (χ1n) is 11.0. The number of amides is 2. The molecule has 3 aromatic carbocycles. The van der Waals surface area contributed by atoms with Crippen LogP contribution in [0.4, 0.5) is 10.1 Å². The number of carbonyl (C=O) groups is 2. The molecule has 35 heavy (non-hydrogen) atoms. The predicted octanol–water partition coefficient (Wildman–Crippen LogP) is 2.98. The molecule has 0 aromatic heterocycles. The highest BCUT2D eigenvalue weighted by atomic mass is 32.2. The van der Waals surface area contributed by atoms with Gasteiger partial charge in [-0.15, -0.1) is 0 Å². The first-order valence-corrected chi connectivity index (χ1v) is 12.9. The number of halogens is 1. The molecule has 2 amide bonds. The van der Waals surface area contributed by atoms with Gasteiger partial charge < -0.3 is 10.2 Å². The smallest absolute Gasteiger partial charge is 0.244 e. The minimum absolute atomic E-state index is 0.00355. The van der Waals surface area contributed by atoms with Crippen molar-refractivity contribution in [3.63, 3.8) is 0 Å². The summed E-state index contributed by atoms with van der Waals surface area (Å²) in [5.41, 5.74) is 1.78. The molecule has 9 heteroatoms. The molecule has 7 nitrogen and oxygen atoms in total. The Morgan fingerprint density at radius 3 is 2.00 bits per heavy atom. The van der Waals surface area contributed by atoms with Crippen LogP contribution in [-0.2, 0) is 32.6 Å². The van der Waals surface area contributed by atoms with Gasteiger partial charge >= 0.3 is 0 Å². The highest BCUT2D eigenvalue weighted by Gasteiger charge is 2.32. The van der Waals surface area contributed by atoms with Crippen LogP contribution < -0.4 is 9.62 Å². The van der Waals surface area contributed by atoms with Crippen molar-refractivity contribution in [2.24, 2.45) is 0 Å². The number of nitrogens with one attached hydrogen (secondary N) is 1. The zero-order valence-electron chi connectivity index (χ0n) is 19.6. The van der Waals surface area contributed by atoms with Gasteiger partial charge in [-0.25, -0.2) is 12.8 Å². The zero-order valence-corrected chi connectivity index (χ0v) is 20.4. The van der Waals surface area contributed by atoms with Crippen LogP contribution in [0.2, 0.25) is 0 Å². The van der Waals surface area contributed by atoms with Gasteiger partial charge in [0.1, 0.15) is 18.4 Å². The number of carbonyl (C=O) groups excluding carboxylic acids is 2. The van der Waals surface area contributed by atoms with E-state index in [2.05, 4.69) is 5.32 Å². The molecule has 0 aliphatic heterocycles. The molecule has 1 N–H and O–H groups in total. The molecule has 3 rings (SSSR count). The summed E-state index contributed by atoms with van der Waals surface area (Å²) >= 11 is 0. The second-order valence-electron chi connectivity index (χ2n) is 8.07. The number of hydrogen-bond donors (Lipinski definition) is 1. The first-order chi connectivity index (χ1) is 16.7. The maximum absolute atomic E-state index is 13.7. The van der Waals surface area contributed by atoms with Gasteiger partial charge in [0.2, 0.25) is 21.8 Å². The van der Waals surface area contributed by atoms with E-state index in [1.165, 1.54) is 36.2 Å². The van der Waals surface area contributed by atoms with E-state index in [1.807, 2.05) is 30.3 Å². The molecule has 0 heterocycles. The van der Waals surface area contributed by atoms with Crippen molar-refractivity contribution in [3.05, 3.63) is 102 Å². The van der Waals surface area contributed by atoms with E-state index in [-0.39, 0.29) is 13.0 Å². The highest BCUT2D eigenvalue weighted by Crippen LogP contribution is 2.20. The number of anilines is 1. The summed E-state index contributed by atoms with van der Waals surface area (Å²) < 4.78 is 39.6. The molecular weight excluding hydrogens is 469 g/mol. The number of nitrogens with zero attached hydrogens (tertiary/aromatic N) is 2. The minimum atomic E-state index is -3.80. The molecule has 184 valence electrons. The molecule has 0 bridgehead atoms. The quantitative estimate of drug-likeness (QED) is 0.467. The normalized spacial score (nSPS) is 12.0. The van der Waals surface area contributed by atoms with Gasteiger partial charge in [0.15, 0.2) is 0 Å². The van der Waals surface area contributed by atoms with Crippen molar-refractivity contribution < 1.29 is 22.4 Å². The number of para-hydroxylation sites is 1. The lowest BCUT2D eigenvalue weighted by atomic mass is 10.0. The lowest BCUT2D eigenvalue weighted by Crippen LogP contribution is -2.52. The Morgan fingerprint density at radius 1 is 0.886 bits per heavy atom. The van der Waals surface area contributed by atoms with Crippen molar-refractivity contribution in [2.75, 3.05) is 24.2 Å². The van der Waals surface area contributed by atoms with Crippen LogP contribution in [0, 0.1) is 5.82 Å². The molecule has 0 saturated carbocycles. The van der Waals surface area contributed by atoms with Gasteiger partial charge in [-0.05, 0) is 35.4 Å². The maximum Gasteiger partial charge on any atom is 0.244 e. The lowest BCUT2D eigenvalue weighted by Gasteiger charge is -2.33. The molecule has 0 saturated heterocycles. The van der Waals surface area contributed by atoms with E-state index >= 15 is 0 Å². The monoisotopic (exact) mass is 497 g/mol. The molecule has 0 aliphatic carbocycles. The topological polar surface area (TPSA) is 86.8 Å². The summed E-state index contributed by atoms with van der Waals surface area (Å²) in [4.78, 5) is 28.0. The highest BCUT2D eigenvalue weighted by molar-refractivity contribution is 7.92. The Balaban J connectivity index is 2.00. The zero-order chi connectivity index (χ0) is 25.4. The standard InChI is InChI=1S/C26H28FN3O4S/c1-28-26(32)24(17-20-9-5-3-6-10-20)29(18-21-13-15-22(27)16-14-21)25(31)19-30(35(2,33)34)23-11-7-4-8-12-23/h3-16,24H,17-19H2,1-2H3,(H,28,32). The van der Waals surface area contributed by atoms with E-state index in [9.17, 15) is 22.4 Å². The minimum Gasteiger partial charge on any atom is -0.357 e. The van der Waals surface area contributed by atoms with Gasteiger partial charge in [-0.1, -0.05) is 60.7 Å². The molecular formula is C26H28FN3O4S. The van der Waals surface area contributed by atoms with Gasteiger partial charge in [0, 0.05) is 20.0 Å². The second kappa shape index (κ2) is 11.6. The number of benzene rings is 3. The Kier molecular flexibility index (Phi) is 8.59. The molecule has 0 aliphatic rings. The maximum atomic E-state index is 13.7. The fraction of sp³-hybridized carbons (Fsp3) is 0.231. The third-order valence-corrected chi connectivity index (χ3v) is 6.65. The number of hydrogen-bond acceptors (Lipinski definition) is 4. The molecule has 1 atom stereocenters. The average molecular weight is 498 g/mol. The Hall–Kier alpha value is -3.72. The number of rotatable bonds is 10. The van der Waals surface area contributed by atoms with Crippen LogP contribution in [-0.4, -0.2) is 51.0 Å². The van der Waals surface area contributed by atoms with Gasteiger partial charge in [0.25, 0.3) is 0 Å². The Labute approximate surface area is 205 Å². The van der Waals surface area contributed by atoms with Crippen LogP contribution in [0.5, 0.6) is 0 Å². The van der Waals surface area contributed by atoms with Crippen molar-refractivity contribution in [3.8, 4) is 0 Å². The second-order valence-corrected chi connectivity index (χ2v) is 9.98.